The Morgan fingerprint density at radius 2 is 2.00 bits per heavy atom. The van der Waals surface area contributed by atoms with Crippen LogP contribution in [-0.2, 0) is 9.53 Å². The predicted octanol–water partition coefficient (Wildman–Crippen LogP) is 1.98. The molecule has 0 radical (unpaired) electrons. The summed E-state index contributed by atoms with van der Waals surface area (Å²) in [4.78, 5) is 16.5. The normalized spacial score (nSPS) is 20.0. The number of ether oxygens (including phenoxy) is 2. The van der Waals surface area contributed by atoms with Crippen molar-refractivity contribution in [3.05, 3.63) is 36.4 Å². The summed E-state index contributed by atoms with van der Waals surface area (Å²) in [7, 11) is 1.65. The molecule has 2 aliphatic heterocycles. The Bertz CT molecular complexity index is 782. The van der Waals surface area contributed by atoms with Crippen molar-refractivity contribution in [2.75, 3.05) is 44.8 Å². The minimum atomic E-state index is -0.238. The molecule has 7 nitrogen and oxygen atoms in total. The second kappa shape index (κ2) is 7.92. The van der Waals surface area contributed by atoms with Gasteiger partial charge in [-0.1, -0.05) is 12.1 Å². The molecule has 0 spiro atoms. The molecule has 4 rings (SSSR count). The zero-order valence-electron chi connectivity index (χ0n) is 15.5. The number of aromatic nitrogens is 2. The van der Waals surface area contributed by atoms with Crippen LogP contribution in [0.4, 0.5) is 5.82 Å². The van der Waals surface area contributed by atoms with Crippen LogP contribution in [0, 0.1) is 0 Å². The topological polar surface area (TPSA) is 67.8 Å². The molecule has 3 heterocycles. The Morgan fingerprint density at radius 3 is 2.67 bits per heavy atom. The van der Waals surface area contributed by atoms with E-state index >= 15 is 0 Å². The molecule has 0 bridgehead atoms. The van der Waals surface area contributed by atoms with E-state index < -0.39 is 0 Å². The quantitative estimate of drug-likeness (QED) is 0.822. The predicted molar refractivity (Wildman–Crippen MR) is 102 cm³/mol. The van der Waals surface area contributed by atoms with Crippen LogP contribution < -0.4 is 9.64 Å². The SMILES string of the molecule is COc1cccc(-c2ccc(N3CCN(C(=O)C4CCCO4)CC3)nn2)c1. The molecular formula is C20H24N4O3. The van der Waals surface area contributed by atoms with E-state index in [1.165, 1.54) is 0 Å². The van der Waals surface area contributed by atoms with Gasteiger partial charge in [0.2, 0.25) is 0 Å². The van der Waals surface area contributed by atoms with Crippen LogP contribution in [0.2, 0.25) is 0 Å². The molecule has 1 amide bonds. The first-order valence-corrected chi connectivity index (χ1v) is 9.38. The standard InChI is InChI=1S/C20H24N4O3/c1-26-16-5-2-4-15(14-16)17-7-8-19(22-21-17)23-9-11-24(12-10-23)20(25)18-6-3-13-27-18/h2,4-5,7-8,14,18H,3,6,9-13H2,1H3. The summed E-state index contributed by atoms with van der Waals surface area (Å²) in [5.41, 5.74) is 1.78. The molecule has 0 aliphatic carbocycles. The third-order valence-corrected chi connectivity index (χ3v) is 5.14. The van der Waals surface area contributed by atoms with Gasteiger partial charge in [-0.2, -0.15) is 0 Å². The number of methoxy groups -OCH3 is 1. The zero-order valence-corrected chi connectivity index (χ0v) is 15.5. The summed E-state index contributed by atoms with van der Waals surface area (Å²) in [5, 5.41) is 8.76. The van der Waals surface area contributed by atoms with Gasteiger partial charge in [0.05, 0.1) is 12.8 Å². The monoisotopic (exact) mass is 368 g/mol. The third-order valence-electron chi connectivity index (χ3n) is 5.14. The maximum absolute atomic E-state index is 12.4. The van der Waals surface area contributed by atoms with Gasteiger partial charge in [-0.05, 0) is 37.1 Å². The molecule has 7 heteroatoms. The van der Waals surface area contributed by atoms with E-state index in [2.05, 4.69) is 15.1 Å². The highest BCUT2D eigenvalue weighted by molar-refractivity contribution is 5.81. The first-order valence-electron chi connectivity index (χ1n) is 9.38. The Labute approximate surface area is 158 Å². The lowest BCUT2D eigenvalue weighted by atomic mass is 10.1. The van der Waals surface area contributed by atoms with Gasteiger partial charge in [0.25, 0.3) is 5.91 Å². The molecule has 2 saturated heterocycles. The highest BCUT2D eigenvalue weighted by Crippen LogP contribution is 2.23. The van der Waals surface area contributed by atoms with Gasteiger partial charge in [0, 0.05) is 38.3 Å². The lowest BCUT2D eigenvalue weighted by Gasteiger charge is -2.36. The lowest BCUT2D eigenvalue weighted by molar-refractivity contribution is -0.141. The van der Waals surface area contributed by atoms with E-state index in [1.54, 1.807) is 7.11 Å². The molecule has 1 unspecified atom stereocenters. The van der Waals surface area contributed by atoms with Gasteiger partial charge in [-0.25, -0.2) is 0 Å². The zero-order chi connectivity index (χ0) is 18.6. The van der Waals surface area contributed by atoms with Crippen molar-refractivity contribution < 1.29 is 14.3 Å². The first kappa shape index (κ1) is 17.7. The number of hydrogen-bond acceptors (Lipinski definition) is 6. The van der Waals surface area contributed by atoms with Gasteiger partial charge >= 0.3 is 0 Å². The fraction of sp³-hybridized carbons (Fsp3) is 0.450. The molecular weight excluding hydrogens is 344 g/mol. The molecule has 2 aromatic rings. The number of carbonyl (C=O) groups excluding carboxylic acids is 1. The second-order valence-corrected chi connectivity index (χ2v) is 6.82. The summed E-state index contributed by atoms with van der Waals surface area (Å²) >= 11 is 0. The van der Waals surface area contributed by atoms with Crippen molar-refractivity contribution in [1.82, 2.24) is 15.1 Å². The largest absolute Gasteiger partial charge is 0.497 e. The Balaban J connectivity index is 1.38. The molecule has 1 aromatic heterocycles. The molecule has 142 valence electrons. The van der Waals surface area contributed by atoms with E-state index in [4.69, 9.17) is 9.47 Å². The van der Waals surface area contributed by atoms with Crippen molar-refractivity contribution >= 4 is 11.7 Å². The Kier molecular flexibility index (Phi) is 5.20. The number of carbonyl (C=O) groups is 1. The number of rotatable bonds is 4. The minimum absolute atomic E-state index is 0.131. The highest BCUT2D eigenvalue weighted by Gasteiger charge is 2.30. The van der Waals surface area contributed by atoms with Crippen molar-refractivity contribution in [1.29, 1.82) is 0 Å². The summed E-state index contributed by atoms with van der Waals surface area (Å²) in [6, 6.07) is 11.7. The van der Waals surface area contributed by atoms with Crippen LogP contribution >= 0.6 is 0 Å². The molecule has 2 fully saturated rings. The van der Waals surface area contributed by atoms with E-state index in [9.17, 15) is 4.79 Å². The molecule has 2 aliphatic rings. The van der Waals surface area contributed by atoms with Gasteiger partial charge < -0.3 is 19.3 Å². The van der Waals surface area contributed by atoms with Gasteiger partial charge in [-0.3, -0.25) is 4.79 Å². The van der Waals surface area contributed by atoms with Crippen LogP contribution in [0.25, 0.3) is 11.3 Å². The Morgan fingerprint density at radius 1 is 1.15 bits per heavy atom. The maximum atomic E-state index is 12.4. The first-order chi connectivity index (χ1) is 13.2. The van der Waals surface area contributed by atoms with E-state index in [0.717, 1.165) is 48.8 Å². The molecule has 0 N–H and O–H groups in total. The van der Waals surface area contributed by atoms with Crippen LogP contribution in [0.1, 0.15) is 12.8 Å². The van der Waals surface area contributed by atoms with Gasteiger partial charge in [0.15, 0.2) is 5.82 Å². The average molecular weight is 368 g/mol. The summed E-state index contributed by atoms with van der Waals surface area (Å²) in [5.74, 6) is 1.77. The Hall–Kier alpha value is -2.67. The summed E-state index contributed by atoms with van der Waals surface area (Å²) < 4.78 is 10.8. The van der Waals surface area contributed by atoms with E-state index in [0.29, 0.717) is 19.7 Å². The maximum Gasteiger partial charge on any atom is 0.251 e. The fourth-order valence-electron chi connectivity index (χ4n) is 3.56. The van der Waals surface area contributed by atoms with Crippen LogP contribution in [0.5, 0.6) is 5.75 Å². The molecule has 1 aromatic carbocycles. The number of piperazine rings is 1. The third kappa shape index (κ3) is 3.88. The van der Waals surface area contributed by atoms with E-state index in [-0.39, 0.29) is 12.0 Å². The smallest absolute Gasteiger partial charge is 0.251 e. The second-order valence-electron chi connectivity index (χ2n) is 6.82. The van der Waals surface area contributed by atoms with Crippen LogP contribution in [0.3, 0.4) is 0 Å². The highest BCUT2D eigenvalue weighted by atomic mass is 16.5. The van der Waals surface area contributed by atoms with Crippen molar-refractivity contribution in [2.24, 2.45) is 0 Å². The molecule has 0 saturated carbocycles. The summed E-state index contributed by atoms with van der Waals surface area (Å²) in [6.07, 6.45) is 1.58. The average Bonchev–Trinajstić information content (AvgIpc) is 3.28. The van der Waals surface area contributed by atoms with Crippen molar-refractivity contribution in [3.63, 3.8) is 0 Å². The molecule has 1 atom stereocenters. The summed E-state index contributed by atoms with van der Waals surface area (Å²) in [6.45, 7) is 3.60. The van der Waals surface area contributed by atoms with Crippen LogP contribution in [-0.4, -0.2) is 67.0 Å². The number of hydrogen-bond donors (Lipinski definition) is 0. The minimum Gasteiger partial charge on any atom is -0.497 e. The number of anilines is 1. The van der Waals surface area contributed by atoms with Crippen LogP contribution in [0.15, 0.2) is 36.4 Å². The fourth-order valence-corrected chi connectivity index (χ4v) is 3.56. The van der Waals surface area contributed by atoms with Gasteiger partial charge in [0.1, 0.15) is 11.9 Å². The van der Waals surface area contributed by atoms with Crippen molar-refractivity contribution in [2.45, 2.75) is 18.9 Å². The number of amides is 1. The molecule has 27 heavy (non-hydrogen) atoms. The van der Waals surface area contributed by atoms with Crippen molar-refractivity contribution in [3.8, 4) is 17.0 Å². The number of benzene rings is 1. The lowest BCUT2D eigenvalue weighted by Crippen LogP contribution is -2.51. The number of nitrogens with zero attached hydrogens (tertiary/aromatic N) is 4. The van der Waals surface area contributed by atoms with E-state index in [1.807, 2.05) is 41.3 Å². The van der Waals surface area contributed by atoms with Gasteiger partial charge in [-0.15, -0.1) is 10.2 Å².